The Labute approximate surface area is 60.5 Å². The maximum absolute atomic E-state index is 9.56. The van der Waals surface area contributed by atoms with Crippen LogP contribution in [0.15, 0.2) is 0 Å². The first-order valence-electron chi connectivity index (χ1n) is 3.01. The maximum Gasteiger partial charge on any atom is 0.0946 e. The van der Waals surface area contributed by atoms with Gasteiger partial charge in [0.1, 0.15) is 0 Å². The lowest BCUT2D eigenvalue weighted by atomic mass is 10.4. The van der Waals surface area contributed by atoms with Gasteiger partial charge in [-0.25, -0.2) is 0 Å². The van der Waals surface area contributed by atoms with Crippen LogP contribution in [0.25, 0.3) is 0 Å². The van der Waals surface area contributed by atoms with Crippen LogP contribution in [0.4, 0.5) is 0 Å². The molecular formula is C6H16O2S. The second-order valence-electron chi connectivity index (χ2n) is 1.82. The summed E-state index contributed by atoms with van der Waals surface area (Å²) in [4.78, 5) is 0. The quantitative estimate of drug-likeness (QED) is 0.594. The molecule has 3 heteroatoms. The minimum Gasteiger partial charge on any atom is -0.617 e. The van der Waals surface area contributed by atoms with Crippen molar-refractivity contribution in [3.8, 4) is 0 Å². The summed E-state index contributed by atoms with van der Waals surface area (Å²) in [7, 11) is 0. The van der Waals surface area contributed by atoms with E-state index >= 15 is 0 Å². The molecule has 0 aliphatic carbocycles. The topological polar surface area (TPSA) is 43.3 Å². The second kappa shape index (κ2) is 11.1. The lowest BCUT2D eigenvalue weighted by Gasteiger charge is -1.87. The van der Waals surface area contributed by atoms with Gasteiger partial charge in [-0.1, -0.05) is 24.5 Å². The first-order chi connectivity index (χ1) is 4.15. The molecule has 0 unspecified atom stereocenters. The van der Waals surface area contributed by atoms with Crippen LogP contribution in [0.5, 0.6) is 0 Å². The van der Waals surface area contributed by atoms with Crippen LogP contribution in [-0.4, -0.2) is 28.8 Å². The van der Waals surface area contributed by atoms with Gasteiger partial charge in [0.15, 0.2) is 0 Å². The van der Waals surface area contributed by atoms with Gasteiger partial charge < -0.3 is 9.66 Å². The predicted molar refractivity (Wildman–Crippen MR) is 42.0 cm³/mol. The smallest absolute Gasteiger partial charge is 0.0946 e. The molecule has 0 fully saturated rings. The summed E-state index contributed by atoms with van der Waals surface area (Å²) in [6.07, 6.45) is 5.32. The van der Waals surface area contributed by atoms with Crippen LogP contribution in [0.3, 0.4) is 0 Å². The van der Waals surface area contributed by atoms with Gasteiger partial charge >= 0.3 is 0 Å². The van der Waals surface area contributed by atoms with Crippen molar-refractivity contribution < 1.29 is 9.66 Å². The normalized spacial score (nSPS) is 8.67. The fraction of sp³-hybridized carbons (Fsp3) is 1.00. The summed E-state index contributed by atoms with van der Waals surface area (Å²) in [5, 5.41) is 8.07. The molecular weight excluding hydrogens is 136 g/mol. The second-order valence-corrected chi connectivity index (χ2v) is 3.30. The number of unbranched alkanes of at least 4 members (excludes halogenated alkanes) is 1. The first kappa shape index (κ1) is 12.0. The van der Waals surface area contributed by atoms with Crippen LogP contribution in [0.1, 0.15) is 19.8 Å². The van der Waals surface area contributed by atoms with Crippen molar-refractivity contribution in [2.75, 3.05) is 19.1 Å². The molecule has 58 valence electrons. The molecule has 2 nitrogen and oxygen atoms in total. The lowest BCUT2D eigenvalue weighted by molar-refractivity contribution is 0.287. The highest BCUT2D eigenvalue weighted by atomic mass is 32.2. The molecule has 0 heterocycles. The Morgan fingerprint density at radius 2 is 1.78 bits per heavy atom. The van der Waals surface area contributed by atoms with E-state index in [1.54, 1.807) is 12.5 Å². The van der Waals surface area contributed by atoms with Gasteiger partial charge in [-0.2, -0.15) is 0 Å². The van der Waals surface area contributed by atoms with Crippen molar-refractivity contribution in [3.63, 3.8) is 0 Å². The molecule has 0 rings (SSSR count). The first-order valence-corrected chi connectivity index (χ1v) is 4.97. The average molecular weight is 152 g/mol. The molecule has 0 aromatic carbocycles. The number of hydrogen-bond donors (Lipinski definition) is 1. The zero-order valence-corrected chi connectivity index (χ0v) is 7.20. The number of hydrogen-bond acceptors (Lipinski definition) is 2. The number of aliphatic hydroxyl groups excluding tert-OH is 1. The molecule has 0 aliphatic rings. The van der Waals surface area contributed by atoms with E-state index in [-0.39, 0.29) is 0 Å². The van der Waals surface area contributed by atoms with E-state index in [1.807, 2.05) is 0 Å². The summed E-state index contributed by atoms with van der Waals surface area (Å²) in [5.74, 6) is 0. The predicted octanol–water partition coefficient (Wildman–Crippen LogP) is 0.774. The Morgan fingerprint density at radius 3 is 1.78 bits per heavy atom. The minimum absolute atomic E-state index is 0.344. The van der Waals surface area contributed by atoms with Gasteiger partial charge in [0.25, 0.3) is 0 Å². The molecule has 0 aliphatic heterocycles. The van der Waals surface area contributed by atoms with Crippen molar-refractivity contribution >= 4 is 11.2 Å². The highest BCUT2D eigenvalue weighted by Crippen LogP contribution is 1.78. The van der Waals surface area contributed by atoms with Crippen LogP contribution >= 0.6 is 0 Å². The minimum atomic E-state index is -0.611. The lowest BCUT2D eigenvalue weighted by Crippen LogP contribution is -1.86. The Bertz CT molecular complexity index is 35.3. The molecule has 0 amide bonds. The Kier molecular flexibility index (Phi) is 14.8. The van der Waals surface area contributed by atoms with Gasteiger partial charge in [0.05, 0.1) is 12.5 Å². The van der Waals surface area contributed by atoms with Crippen molar-refractivity contribution in [1.29, 1.82) is 0 Å². The van der Waals surface area contributed by atoms with Gasteiger partial charge in [-0.3, -0.25) is 0 Å². The van der Waals surface area contributed by atoms with Crippen molar-refractivity contribution in [3.05, 3.63) is 0 Å². The van der Waals surface area contributed by atoms with E-state index < -0.39 is 11.2 Å². The fourth-order valence-corrected chi connectivity index (χ4v) is 0.158. The van der Waals surface area contributed by atoms with Gasteiger partial charge in [0.2, 0.25) is 0 Å². The third-order valence-corrected chi connectivity index (χ3v) is 0.512. The Hall–Kier alpha value is 0.270. The zero-order chi connectivity index (χ0) is 7.70. The SMILES string of the molecule is CCCCO.C[S+](C)[O-]. The van der Waals surface area contributed by atoms with E-state index in [2.05, 4.69) is 6.92 Å². The van der Waals surface area contributed by atoms with E-state index in [9.17, 15) is 4.55 Å². The maximum atomic E-state index is 9.56. The van der Waals surface area contributed by atoms with E-state index in [0.29, 0.717) is 6.61 Å². The van der Waals surface area contributed by atoms with Crippen molar-refractivity contribution in [1.82, 2.24) is 0 Å². The molecule has 0 aromatic heterocycles. The highest BCUT2D eigenvalue weighted by molar-refractivity contribution is 7.89. The summed E-state index contributed by atoms with van der Waals surface area (Å²) in [6, 6.07) is 0. The van der Waals surface area contributed by atoms with E-state index in [4.69, 9.17) is 5.11 Å². The van der Waals surface area contributed by atoms with Crippen LogP contribution in [0.2, 0.25) is 0 Å². The highest BCUT2D eigenvalue weighted by Gasteiger charge is 1.69. The monoisotopic (exact) mass is 152 g/mol. The van der Waals surface area contributed by atoms with Gasteiger partial charge in [0, 0.05) is 6.61 Å². The fourth-order valence-electron chi connectivity index (χ4n) is 0.158. The van der Waals surface area contributed by atoms with Crippen molar-refractivity contribution in [2.24, 2.45) is 0 Å². The zero-order valence-electron chi connectivity index (χ0n) is 6.39. The molecule has 0 radical (unpaired) electrons. The Balaban J connectivity index is 0. The number of aliphatic hydroxyl groups is 1. The molecule has 0 saturated heterocycles. The molecule has 0 atom stereocenters. The van der Waals surface area contributed by atoms with Gasteiger partial charge in [-0.15, -0.1) is 0 Å². The molecule has 1 N–H and O–H groups in total. The van der Waals surface area contributed by atoms with Crippen LogP contribution < -0.4 is 0 Å². The summed E-state index contributed by atoms with van der Waals surface area (Å²) in [5.41, 5.74) is 0. The van der Waals surface area contributed by atoms with Crippen LogP contribution in [-0.2, 0) is 11.2 Å². The van der Waals surface area contributed by atoms with Crippen molar-refractivity contribution in [2.45, 2.75) is 19.8 Å². The largest absolute Gasteiger partial charge is 0.617 e. The molecule has 0 saturated carbocycles. The third kappa shape index (κ3) is 63.1. The average Bonchev–Trinajstić information content (AvgIpc) is 1.66. The summed E-state index contributed by atoms with van der Waals surface area (Å²) in [6.45, 7) is 2.40. The molecule has 0 aromatic rings. The standard InChI is InChI=1S/C4H10O.C2H6OS/c1-2-3-4-5;1-4(2)3/h5H,2-4H2,1H3;1-2H3. The molecule has 9 heavy (non-hydrogen) atoms. The summed E-state index contributed by atoms with van der Waals surface area (Å²) >= 11 is -0.611. The van der Waals surface area contributed by atoms with E-state index in [1.165, 1.54) is 0 Å². The van der Waals surface area contributed by atoms with E-state index in [0.717, 1.165) is 12.8 Å². The molecule has 0 bridgehead atoms. The Morgan fingerprint density at radius 1 is 1.44 bits per heavy atom. The number of rotatable bonds is 2. The van der Waals surface area contributed by atoms with Crippen LogP contribution in [0, 0.1) is 0 Å². The summed E-state index contributed by atoms with van der Waals surface area (Å²) < 4.78 is 9.56. The molecule has 0 spiro atoms. The third-order valence-electron chi connectivity index (χ3n) is 0.512. The van der Waals surface area contributed by atoms with Gasteiger partial charge in [-0.05, 0) is 6.42 Å².